The molecule has 118 valence electrons. The quantitative estimate of drug-likeness (QED) is 0.631. The summed E-state index contributed by atoms with van der Waals surface area (Å²) in [4.78, 5) is 3.10. The average molecular weight is 327 g/mol. The molecule has 0 aliphatic heterocycles. The van der Waals surface area contributed by atoms with Crippen LogP contribution < -0.4 is 10.6 Å². The smallest absolute Gasteiger partial charge is 0.170 e. The van der Waals surface area contributed by atoms with Crippen molar-refractivity contribution in [2.24, 2.45) is 0 Å². The second-order valence-corrected chi connectivity index (χ2v) is 5.91. The van der Waals surface area contributed by atoms with E-state index in [4.69, 9.17) is 12.2 Å². The lowest BCUT2D eigenvalue weighted by molar-refractivity contribution is 0.629. The number of hydrogen-bond donors (Lipinski definition) is 3. The molecule has 1 aromatic heterocycles. The molecule has 0 fully saturated rings. The lowest BCUT2D eigenvalue weighted by Crippen LogP contribution is -2.30. The Hall–Kier alpha value is -2.40. The van der Waals surface area contributed by atoms with Gasteiger partial charge in [0.25, 0.3) is 0 Å². The standard InChI is InChI=1S/C18H18FN3S/c1-12-2-5-15(6-3-12)22-18(23)20-9-8-13-11-21-17-10-14(19)4-7-16(13)17/h2-7,10-11,21H,8-9H2,1H3,(H2,20,22,23). The predicted octanol–water partition coefficient (Wildman–Crippen LogP) is 4.14. The highest BCUT2D eigenvalue weighted by Gasteiger charge is 2.05. The number of halogens is 1. The van der Waals surface area contributed by atoms with Crippen LogP contribution in [0.5, 0.6) is 0 Å². The lowest BCUT2D eigenvalue weighted by Gasteiger charge is -2.10. The van der Waals surface area contributed by atoms with Crippen LogP contribution >= 0.6 is 12.2 Å². The summed E-state index contributed by atoms with van der Waals surface area (Å²) in [5.74, 6) is -0.229. The second kappa shape index (κ2) is 6.79. The van der Waals surface area contributed by atoms with Gasteiger partial charge in [-0.15, -0.1) is 0 Å². The van der Waals surface area contributed by atoms with Crippen LogP contribution in [0, 0.1) is 12.7 Å². The van der Waals surface area contributed by atoms with Crippen molar-refractivity contribution in [3.63, 3.8) is 0 Å². The fourth-order valence-corrected chi connectivity index (χ4v) is 2.71. The highest BCUT2D eigenvalue weighted by atomic mass is 32.1. The Kier molecular flexibility index (Phi) is 4.57. The molecule has 5 heteroatoms. The summed E-state index contributed by atoms with van der Waals surface area (Å²) in [6.07, 6.45) is 2.73. The molecule has 1 heterocycles. The van der Waals surface area contributed by atoms with Gasteiger partial charge in [0.15, 0.2) is 5.11 Å². The van der Waals surface area contributed by atoms with Crippen LogP contribution in [0.25, 0.3) is 10.9 Å². The van der Waals surface area contributed by atoms with Crippen LogP contribution in [0.15, 0.2) is 48.7 Å². The number of nitrogens with one attached hydrogen (secondary N) is 3. The van der Waals surface area contributed by atoms with E-state index in [1.165, 1.54) is 17.7 Å². The highest BCUT2D eigenvalue weighted by molar-refractivity contribution is 7.80. The minimum absolute atomic E-state index is 0.229. The molecule has 0 aliphatic rings. The van der Waals surface area contributed by atoms with Crippen molar-refractivity contribution >= 4 is 33.9 Å². The summed E-state index contributed by atoms with van der Waals surface area (Å²) in [5.41, 5.74) is 4.15. The van der Waals surface area contributed by atoms with Crippen molar-refractivity contribution in [3.8, 4) is 0 Å². The molecular formula is C18H18FN3S. The Morgan fingerprint density at radius 2 is 1.96 bits per heavy atom. The van der Waals surface area contributed by atoms with Crippen LogP contribution in [0.1, 0.15) is 11.1 Å². The molecule has 3 aromatic rings. The van der Waals surface area contributed by atoms with Gasteiger partial charge < -0.3 is 15.6 Å². The van der Waals surface area contributed by atoms with Gasteiger partial charge in [0, 0.05) is 29.3 Å². The molecule has 0 unspecified atom stereocenters. The molecule has 23 heavy (non-hydrogen) atoms. The first-order valence-corrected chi connectivity index (χ1v) is 7.90. The van der Waals surface area contributed by atoms with Gasteiger partial charge in [-0.1, -0.05) is 17.7 Å². The number of aromatic amines is 1. The molecule has 3 rings (SSSR count). The molecule has 0 bridgehead atoms. The van der Waals surface area contributed by atoms with Gasteiger partial charge in [0.1, 0.15) is 5.82 Å². The van der Waals surface area contributed by atoms with Crippen LogP contribution in [-0.2, 0) is 6.42 Å². The monoisotopic (exact) mass is 327 g/mol. The maximum absolute atomic E-state index is 13.2. The van der Waals surface area contributed by atoms with Crippen molar-refractivity contribution < 1.29 is 4.39 Å². The normalized spacial score (nSPS) is 10.7. The van der Waals surface area contributed by atoms with E-state index in [2.05, 4.69) is 15.6 Å². The molecule has 3 N–H and O–H groups in total. The molecule has 3 nitrogen and oxygen atoms in total. The third kappa shape index (κ3) is 3.87. The van der Waals surface area contributed by atoms with E-state index in [9.17, 15) is 4.39 Å². The van der Waals surface area contributed by atoms with Gasteiger partial charge in [-0.2, -0.15) is 0 Å². The van der Waals surface area contributed by atoms with Crippen molar-refractivity contribution in [1.29, 1.82) is 0 Å². The Bertz CT molecular complexity index is 824. The Labute approximate surface area is 139 Å². The summed E-state index contributed by atoms with van der Waals surface area (Å²) < 4.78 is 13.2. The third-order valence-electron chi connectivity index (χ3n) is 3.72. The maximum atomic E-state index is 13.2. The van der Waals surface area contributed by atoms with E-state index in [1.807, 2.05) is 37.4 Å². The molecule has 0 atom stereocenters. The first kappa shape index (κ1) is 15.5. The van der Waals surface area contributed by atoms with Crippen molar-refractivity contribution in [2.45, 2.75) is 13.3 Å². The topological polar surface area (TPSA) is 39.8 Å². The summed E-state index contributed by atoms with van der Waals surface area (Å²) >= 11 is 5.30. The number of rotatable bonds is 4. The largest absolute Gasteiger partial charge is 0.362 e. The molecule has 0 aliphatic carbocycles. The maximum Gasteiger partial charge on any atom is 0.170 e. The minimum atomic E-state index is -0.229. The molecule has 0 saturated heterocycles. The van der Waals surface area contributed by atoms with E-state index < -0.39 is 0 Å². The summed E-state index contributed by atoms with van der Waals surface area (Å²) in [5, 5.41) is 7.99. The van der Waals surface area contributed by atoms with Gasteiger partial charge >= 0.3 is 0 Å². The second-order valence-electron chi connectivity index (χ2n) is 5.50. The molecule has 2 aromatic carbocycles. The van der Waals surface area contributed by atoms with Crippen LogP contribution in [0.3, 0.4) is 0 Å². The van der Waals surface area contributed by atoms with Crippen molar-refractivity contribution in [3.05, 3.63) is 65.6 Å². The van der Waals surface area contributed by atoms with E-state index in [0.29, 0.717) is 11.7 Å². The van der Waals surface area contributed by atoms with Gasteiger partial charge in [0.05, 0.1) is 0 Å². The number of fused-ring (bicyclic) bond motifs is 1. The Morgan fingerprint density at radius 3 is 2.74 bits per heavy atom. The first-order chi connectivity index (χ1) is 11.1. The van der Waals surface area contributed by atoms with Crippen LogP contribution in [-0.4, -0.2) is 16.6 Å². The predicted molar refractivity (Wildman–Crippen MR) is 97.4 cm³/mol. The van der Waals surface area contributed by atoms with Gasteiger partial charge in [-0.05, 0) is 61.5 Å². The zero-order valence-electron chi connectivity index (χ0n) is 12.8. The number of thiocarbonyl (C=S) groups is 1. The lowest BCUT2D eigenvalue weighted by atomic mass is 10.1. The fraction of sp³-hybridized carbons (Fsp3) is 0.167. The van der Waals surface area contributed by atoms with E-state index in [1.54, 1.807) is 6.07 Å². The highest BCUT2D eigenvalue weighted by Crippen LogP contribution is 2.19. The molecule has 0 spiro atoms. The summed E-state index contributed by atoms with van der Waals surface area (Å²) in [7, 11) is 0. The summed E-state index contributed by atoms with van der Waals surface area (Å²) in [6, 6.07) is 12.9. The van der Waals surface area contributed by atoms with Gasteiger partial charge in [-0.25, -0.2) is 4.39 Å². The molecule has 0 radical (unpaired) electrons. The van der Waals surface area contributed by atoms with Crippen molar-refractivity contribution in [2.75, 3.05) is 11.9 Å². The Morgan fingerprint density at radius 1 is 1.17 bits per heavy atom. The number of H-pyrrole nitrogens is 1. The first-order valence-electron chi connectivity index (χ1n) is 7.49. The number of benzene rings is 2. The SMILES string of the molecule is Cc1ccc(NC(=S)NCCc2c[nH]c3cc(F)ccc23)cc1. The zero-order valence-corrected chi connectivity index (χ0v) is 13.6. The van der Waals surface area contributed by atoms with Crippen molar-refractivity contribution in [1.82, 2.24) is 10.3 Å². The number of anilines is 1. The summed E-state index contributed by atoms with van der Waals surface area (Å²) in [6.45, 7) is 2.76. The van der Waals surface area contributed by atoms with Gasteiger partial charge in [0.2, 0.25) is 0 Å². The number of aromatic nitrogens is 1. The fourth-order valence-electron chi connectivity index (χ4n) is 2.49. The van der Waals surface area contributed by atoms with Crippen LogP contribution in [0.4, 0.5) is 10.1 Å². The Balaban J connectivity index is 1.54. The van der Waals surface area contributed by atoms with E-state index >= 15 is 0 Å². The van der Waals surface area contributed by atoms with E-state index in [0.717, 1.165) is 28.6 Å². The zero-order chi connectivity index (χ0) is 16.2. The number of hydrogen-bond acceptors (Lipinski definition) is 1. The minimum Gasteiger partial charge on any atom is -0.362 e. The molecular weight excluding hydrogens is 309 g/mol. The van der Waals surface area contributed by atoms with E-state index in [-0.39, 0.29) is 5.82 Å². The average Bonchev–Trinajstić information content (AvgIpc) is 2.92. The molecule has 0 amide bonds. The van der Waals surface area contributed by atoms with Gasteiger partial charge in [-0.3, -0.25) is 0 Å². The van der Waals surface area contributed by atoms with Crippen LogP contribution in [0.2, 0.25) is 0 Å². The molecule has 0 saturated carbocycles. The third-order valence-corrected chi connectivity index (χ3v) is 3.97. The number of aryl methyl sites for hydroxylation is 1.